The molecule has 0 saturated heterocycles. The molecule has 1 unspecified atom stereocenters. The molecule has 17 heavy (non-hydrogen) atoms. The summed E-state index contributed by atoms with van der Waals surface area (Å²) in [7, 11) is 0. The van der Waals surface area contributed by atoms with Gasteiger partial charge in [0.2, 0.25) is 0 Å². The lowest BCUT2D eigenvalue weighted by atomic mass is 9.98. The summed E-state index contributed by atoms with van der Waals surface area (Å²) in [5, 5.41) is 9.27. The fraction of sp³-hybridized carbons (Fsp3) is 0.143. The number of benzene rings is 2. The number of hydrogen-bond acceptors (Lipinski definition) is 3. The van der Waals surface area contributed by atoms with Gasteiger partial charge < -0.3 is 5.11 Å². The SMILES string of the molecule is Cc1ccc(C(NN)c2ccc(O)cc2)cc1. The minimum absolute atomic E-state index is 0.0591. The number of aryl methyl sites for hydroxylation is 1. The Morgan fingerprint density at radius 1 is 0.941 bits per heavy atom. The molecule has 2 aromatic carbocycles. The van der Waals surface area contributed by atoms with E-state index < -0.39 is 0 Å². The van der Waals surface area contributed by atoms with Gasteiger partial charge in [0.15, 0.2) is 0 Å². The van der Waals surface area contributed by atoms with E-state index in [2.05, 4.69) is 24.5 Å². The predicted octanol–water partition coefficient (Wildman–Crippen LogP) is 2.25. The van der Waals surface area contributed by atoms with Gasteiger partial charge in [-0.2, -0.15) is 0 Å². The number of rotatable bonds is 3. The van der Waals surface area contributed by atoms with E-state index in [4.69, 9.17) is 5.84 Å². The first-order valence-corrected chi connectivity index (χ1v) is 5.52. The number of hydrazine groups is 1. The van der Waals surface area contributed by atoms with Crippen LogP contribution in [0.4, 0.5) is 0 Å². The zero-order valence-electron chi connectivity index (χ0n) is 9.72. The lowest BCUT2D eigenvalue weighted by molar-refractivity contribution is 0.474. The van der Waals surface area contributed by atoms with Crippen molar-refractivity contribution in [2.24, 2.45) is 5.84 Å². The molecule has 0 saturated carbocycles. The van der Waals surface area contributed by atoms with Crippen LogP contribution in [0.15, 0.2) is 48.5 Å². The zero-order valence-corrected chi connectivity index (χ0v) is 9.72. The highest BCUT2D eigenvalue weighted by Crippen LogP contribution is 2.23. The Kier molecular flexibility index (Phi) is 3.42. The highest BCUT2D eigenvalue weighted by molar-refractivity contribution is 5.35. The molecule has 0 radical (unpaired) electrons. The molecule has 3 nitrogen and oxygen atoms in total. The van der Waals surface area contributed by atoms with Crippen LogP contribution in [0.25, 0.3) is 0 Å². The van der Waals surface area contributed by atoms with E-state index in [0.717, 1.165) is 11.1 Å². The van der Waals surface area contributed by atoms with Crippen molar-refractivity contribution in [3.05, 3.63) is 65.2 Å². The number of aromatic hydroxyl groups is 1. The summed E-state index contributed by atoms with van der Waals surface area (Å²) in [5.74, 6) is 5.86. The van der Waals surface area contributed by atoms with Crippen molar-refractivity contribution in [3.63, 3.8) is 0 Å². The predicted molar refractivity (Wildman–Crippen MR) is 68.5 cm³/mol. The molecule has 2 rings (SSSR count). The summed E-state index contributed by atoms with van der Waals surface area (Å²) >= 11 is 0. The Bertz CT molecular complexity index is 431. The monoisotopic (exact) mass is 228 g/mol. The van der Waals surface area contributed by atoms with Crippen LogP contribution < -0.4 is 11.3 Å². The highest BCUT2D eigenvalue weighted by Gasteiger charge is 2.11. The summed E-state index contributed by atoms with van der Waals surface area (Å²) < 4.78 is 0. The first-order chi connectivity index (χ1) is 8.20. The summed E-state index contributed by atoms with van der Waals surface area (Å²) in [4.78, 5) is 0. The van der Waals surface area contributed by atoms with E-state index in [1.54, 1.807) is 12.1 Å². The van der Waals surface area contributed by atoms with E-state index in [9.17, 15) is 5.11 Å². The highest BCUT2D eigenvalue weighted by atomic mass is 16.3. The van der Waals surface area contributed by atoms with Crippen molar-refractivity contribution in [1.82, 2.24) is 5.43 Å². The molecule has 0 fully saturated rings. The standard InChI is InChI=1S/C14H16N2O/c1-10-2-4-11(5-3-10)14(16-15)12-6-8-13(17)9-7-12/h2-9,14,16-17H,15H2,1H3. The van der Waals surface area contributed by atoms with Crippen molar-refractivity contribution < 1.29 is 5.11 Å². The van der Waals surface area contributed by atoms with E-state index >= 15 is 0 Å². The Morgan fingerprint density at radius 2 is 1.41 bits per heavy atom. The van der Waals surface area contributed by atoms with E-state index in [-0.39, 0.29) is 11.8 Å². The molecule has 0 aromatic heterocycles. The van der Waals surface area contributed by atoms with Crippen molar-refractivity contribution in [2.45, 2.75) is 13.0 Å². The first-order valence-electron chi connectivity index (χ1n) is 5.52. The zero-order chi connectivity index (χ0) is 12.3. The van der Waals surface area contributed by atoms with Gasteiger partial charge in [-0.25, -0.2) is 5.43 Å². The molecule has 0 spiro atoms. The molecular weight excluding hydrogens is 212 g/mol. The molecule has 0 bridgehead atoms. The lowest BCUT2D eigenvalue weighted by Crippen LogP contribution is -2.28. The van der Waals surface area contributed by atoms with Crippen LogP contribution in [0.2, 0.25) is 0 Å². The molecule has 0 heterocycles. The van der Waals surface area contributed by atoms with E-state index in [1.165, 1.54) is 5.56 Å². The van der Waals surface area contributed by atoms with Crippen LogP contribution in [-0.2, 0) is 0 Å². The third-order valence-electron chi connectivity index (χ3n) is 2.80. The minimum Gasteiger partial charge on any atom is -0.508 e. The lowest BCUT2D eigenvalue weighted by Gasteiger charge is -2.17. The van der Waals surface area contributed by atoms with E-state index in [1.807, 2.05) is 24.3 Å². The molecule has 0 aliphatic rings. The van der Waals surface area contributed by atoms with Gasteiger partial charge in [-0.05, 0) is 30.2 Å². The molecule has 3 heteroatoms. The van der Waals surface area contributed by atoms with Crippen LogP contribution in [0, 0.1) is 6.92 Å². The van der Waals surface area contributed by atoms with Gasteiger partial charge in [-0.15, -0.1) is 0 Å². The maximum atomic E-state index is 9.27. The first kappa shape index (κ1) is 11.6. The van der Waals surface area contributed by atoms with Gasteiger partial charge in [0.1, 0.15) is 5.75 Å². The number of phenolic OH excluding ortho intramolecular Hbond substituents is 1. The molecule has 4 N–H and O–H groups in total. The van der Waals surface area contributed by atoms with Crippen molar-refractivity contribution in [2.75, 3.05) is 0 Å². The summed E-state index contributed by atoms with van der Waals surface area (Å²) in [6, 6.07) is 15.2. The van der Waals surface area contributed by atoms with E-state index in [0.29, 0.717) is 0 Å². The van der Waals surface area contributed by atoms with Crippen LogP contribution in [0.3, 0.4) is 0 Å². The molecule has 88 valence electrons. The van der Waals surface area contributed by atoms with Gasteiger partial charge in [0.05, 0.1) is 6.04 Å². The van der Waals surface area contributed by atoms with Crippen molar-refractivity contribution in [1.29, 1.82) is 0 Å². The van der Waals surface area contributed by atoms with Crippen molar-refractivity contribution >= 4 is 0 Å². The summed E-state index contributed by atoms with van der Waals surface area (Å²) in [6.07, 6.45) is 0. The second-order valence-corrected chi connectivity index (χ2v) is 4.10. The topological polar surface area (TPSA) is 58.3 Å². The number of nitrogens with two attached hydrogens (primary N) is 1. The van der Waals surface area contributed by atoms with Gasteiger partial charge in [0, 0.05) is 0 Å². The second kappa shape index (κ2) is 4.99. The maximum Gasteiger partial charge on any atom is 0.115 e. The fourth-order valence-electron chi connectivity index (χ4n) is 1.81. The van der Waals surface area contributed by atoms with Crippen LogP contribution in [0.5, 0.6) is 5.75 Å². The third-order valence-corrected chi connectivity index (χ3v) is 2.80. The Morgan fingerprint density at radius 3 is 1.88 bits per heavy atom. The van der Waals surface area contributed by atoms with Crippen molar-refractivity contribution in [3.8, 4) is 5.75 Å². The third kappa shape index (κ3) is 2.64. The van der Waals surface area contributed by atoms with Crippen LogP contribution >= 0.6 is 0 Å². The second-order valence-electron chi connectivity index (χ2n) is 4.10. The van der Waals surface area contributed by atoms with Gasteiger partial charge in [-0.1, -0.05) is 42.0 Å². The smallest absolute Gasteiger partial charge is 0.115 e. The molecular formula is C14H16N2O. The quantitative estimate of drug-likeness (QED) is 0.558. The molecule has 0 amide bonds. The Hall–Kier alpha value is -1.84. The van der Waals surface area contributed by atoms with Crippen LogP contribution in [-0.4, -0.2) is 5.11 Å². The average Bonchev–Trinajstić information content (AvgIpc) is 2.35. The van der Waals surface area contributed by atoms with Gasteiger partial charge in [0.25, 0.3) is 0 Å². The molecule has 1 atom stereocenters. The van der Waals surface area contributed by atoms with Gasteiger partial charge >= 0.3 is 0 Å². The maximum absolute atomic E-state index is 9.27. The number of hydrogen-bond donors (Lipinski definition) is 3. The summed E-state index contributed by atoms with van der Waals surface area (Å²) in [5.41, 5.74) is 6.13. The Labute approximate surface area is 101 Å². The fourth-order valence-corrected chi connectivity index (χ4v) is 1.81. The normalized spacial score (nSPS) is 12.4. The minimum atomic E-state index is -0.0591. The Balaban J connectivity index is 2.33. The number of phenols is 1. The molecule has 2 aromatic rings. The average molecular weight is 228 g/mol. The molecule has 0 aliphatic carbocycles. The largest absolute Gasteiger partial charge is 0.508 e. The summed E-state index contributed by atoms with van der Waals surface area (Å²) in [6.45, 7) is 2.05. The van der Waals surface area contributed by atoms with Gasteiger partial charge in [-0.3, -0.25) is 5.84 Å². The molecule has 0 aliphatic heterocycles. The van der Waals surface area contributed by atoms with Crippen LogP contribution in [0.1, 0.15) is 22.7 Å². The number of nitrogens with one attached hydrogen (secondary N) is 1.